The minimum absolute atomic E-state index is 0.639. The number of aromatic amines is 1. The van der Waals surface area contributed by atoms with E-state index in [0.717, 1.165) is 39.7 Å². The number of aromatic nitrogens is 4. The average Bonchev–Trinajstić information content (AvgIpc) is 3.23. The predicted octanol–water partition coefficient (Wildman–Crippen LogP) is 2.42. The fourth-order valence-corrected chi connectivity index (χ4v) is 2.66. The van der Waals surface area contributed by atoms with Crippen LogP contribution in [0.2, 0.25) is 0 Å². The minimum Gasteiger partial charge on any atom is -0.497 e. The van der Waals surface area contributed by atoms with E-state index in [0.29, 0.717) is 13.1 Å². The molecule has 0 aliphatic carbocycles. The SMILES string of the molecule is COc1ccc(-c2[nH]ncc2CN(C)Cc2nonc2C)c(OC)c1. The van der Waals surface area contributed by atoms with Crippen LogP contribution in [0.25, 0.3) is 11.3 Å². The summed E-state index contributed by atoms with van der Waals surface area (Å²) < 4.78 is 15.5. The van der Waals surface area contributed by atoms with Crippen LogP contribution in [0.1, 0.15) is 17.0 Å². The molecule has 3 rings (SSSR count). The molecule has 0 saturated carbocycles. The lowest BCUT2D eigenvalue weighted by Gasteiger charge is -2.16. The van der Waals surface area contributed by atoms with E-state index in [1.807, 2.05) is 38.4 Å². The highest BCUT2D eigenvalue weighted by Gasteiger charge is 2.16. The lowest BCUT2D eigenvalue weighted by molar-refractivity contribution is 0.279. The Morgan fingerprint density at radius 2 is 2.00 bits per heavy atom. The lowest BCUT2D eigenvalue weighted by Crippen LogP contribution is -2.18. The van der Waals surface area contributed by atoms with E-state index in [1.54, 1.807) is 14.2 Å². The molecule has 0 unspecified atom stereocenters. The second-order valence-electron chi connectivity index (χ2n) is 5.81. The number of hydrogen-bond donors (Lipinski definition) is 1. The van der Waals surface area contributed by atoms with Gasteiger partial charge in [0.1, 0.15) is 22.9 Å². The number of aryl methyl sites for hydroxylation is 1. The van der Waals surface area contributed by atoms with E-state index < -0.39 is 0 Å². The van der Waals surface area contributed by atoms with Crippen molar-refractivity contribution in [3.63, 3.8) is 0 Å². The van der Waals surface area contributed by atoms with Crippen LogP contribution in [-0.4, -0.2) is 46.7 Å². The maximum Gasteiger partial charge on any atom is 0.131 e. The number of nitrogens with zero attached hydrogens (tertiary/aromatic N) is 4. The van der Waals surface area contributed by atoms with Crippen LogP contribution in [0.15, 0.2) is 29.0 Å². The van der Waals surface area contributed by atoms with Gasteiger partial charge in [0.2, 0.25) is 0 Å². The van der Waals surface area contributed by atoms with Crippen molar-refractivity contribution >= 4 is 0 Å². The van der Waals surface area contributed by atoms with Crippen molar-refractivity contribution in [2.24, 2.45) is 0 Å². The fraction of sp³-hybridized carbons (Fsp3) is 0.353. The molecule has 0 aliphatic heterocycles. The summed E-state index contributed by atoms with van der Waals surface area (Å²) in [4.78, 5) is 2.12. The van der Waals surface area contributed by atoms with E-state index in [2.05, 4.69) is 25.4 Å². The normalized spacial score (nSPS) is 11.1. The number of benzene rings is 1. The molecule has 0 bridgehead atoms. The predicted molar refractivity (Wildman–Crippen MR) is 91.3 cm³/mol. The molecule has 3 aromatic rings. The van der Waals surface area contributed by atoms with Crippen LogP contribution in [0.3, 0.4) is 0 Å². The van der Waals surface area contributed by atoms with Gasteiger partial charge in [-0.25, -0.2) is 4.63 Å². The topological polar surface area (TPSA) is 89.3 Å². The summed E-state index contributed by atoms with van der Waals surface area (Å²) >= 11 is 0. The highest BCUT2D eigenvalue weighted by atomic mass is 16.6. The molecule has 0 spiro atoms. The second kappa shape index (κ2) is 7.35. The summed E-state index contributed by atoms with van der Waals surface area (Å²) in [5, 5.41) is 15.0. The Kier molecular flexibility index (Phi) is 4.99. The molecule has 0 atom stereocenters. The molecule has 25 heavy (non-hydrogen) atoms. The number of methoxy groups -OCH3 is 2. The van der Waals surface area contributed by atoms with Crippen molar-refractivity contribution in [2.45, 2.75) is 20.0 Å². The van der Waals surface area contributed by atoms with Gasteiger partial charge in [-0.05, 0) is 26.1 Å². The molecule has 1 N–H and O–H groups in total. The maximum atomic E-state index is 5.50. The monoisotopic (exact) mass is 343 g/mol. The van der Waals surface area contributed by atoms with Crippen LogP contribution in [0, 0.1) is 6.92 Å². The molecule has 132 valence electrons. The van der Waals surface area contributed by atoms with Crippen molar-refractivity contribution < 1.29 is 14.1 Å². The van der Waals surface area contributed by atoms with Crippen LogP contribution in [0.5, 0.6) is 11.5 Å². The first-order valence-corrected chi connectivity index (χ1v) is 7.83. The zero-order valence-corrected chi connectivity index (χ0v) is 14.7. The Morgan fingerprint density at radius 1 is 1.16 bits per heavy atom. The van der Waals surface area contributed by atoms with Crippen molar-refractivity contribution in [2.75, 3.05) is 21.3 Å². The summed E-state index contributed by atoms with van der Waals surface area (Å²) in [6.07, 6.45) is 1.82. The molecule has 8 heteroatoms. The van der Waals surface area contributed by atoms with Crippen LogP contribution in [-0.2, 0) is 13.1 Å². The van der Waals surface area contributed by atoms with Gasteiger partial charge in [-0.3, -0.25) is 10.00 Å². The third-order valence-electron chi connectivity index (χ3n) is 4.00. The van der Waals surface area contributed by atoms with E-state index >= 15 is 0 Å². The van der Waals surface area contributed by atoms with Gasteiger partial charge in [-0.2, -0.15) is 5.10 Å². The zero-order chi connectivity index (χ0) is 17.8. The summed E-state index contributed by atoms with van der Waals surface area (Å²) in [6, 6.07) is 5.71. The highest BCUT2D eigenvalue weighted by molar-refractivity contribution is 5.71. The first-order chi connectivity index (χ1) is 12.1. The Bertz CT molecular complexity index is 842. The third-order valence-corrected chi connectivity index (χ3v) is 4.00. The summed E-state index contributed by atoms with van der Waals surface area (Å²) in [7, 11) is 5.28. The summed E-state index contributed by atoms with van der Waals surface area (Å²) in [5.41, 5.74) is 4.54. The van der Waals surface area contributed by atoms with Gasteiger partial charge in [-0.1, -0.05) is 10.3 Å². The van der Waals surface area contributed by atoms with Crippen molar-refractivity contribution in [3.8, 4) is 22.8 Å². The van der Waals surface area contributed by atoms with Crippen molar-refractivity contribution in [1.29, 1.82) is 0 Å². The van der Waals surface area contributed by atoms with Gasteiger partial charge in [0.15, 0.2) is 0 Å². The van der Waals surface area contributed by atoms with Crippen LogP contribution >= 0.6 is 0 Å². The smallest absolute Gasteiger partial charge is 0.131 e. The van der Waals surface area contributed by atoms with E-state index in [4.69, 9.17) is 14.1 Å². The molecule has 0 fully saturated rings. The fourth-order valence-electron chi connectivity index (χ4n) is 2.66. The molecular weight excluding hydrogens is 322 g/mol. The minimum atomic E-state index is 0.639. The van der Waals surface area contributed by atoms with Crippen LogP contribution < -0.4 is 9.47 Å². The number of hydrogen-bond acceptors (Lipinski definition) is 7. The maximum absolute atomic E-state index is 5.50. The van der Waals surface area contributed by atoms with Gasteiger partial charge < -0.3 is 9.47 Å². The quantitative estimate of drug-likeness (QED) is 0.704. The van der Waals surface area contributed by atoms with Gasteiger partial charge >= 0.3 is 0 Å². The van der Waals surface area contributed by atoms with Crippen LogP contribution in [0.4, 0.5) is 0 Å². The Labute approximate surface area is 145 Å². The lowest BCUT2D eigenvalue weighted by atomic mass is 10.1. The second-order valence-corrected chi connectivity index (χ2v) is 5.81. The third kappa shape index (κ3) is 3.63. The summed E-state index contributed by atoms with van der Waals surface area (Å²) in [6.45, 7) is 3.21. The highest BCUT2D eigenvalue weighted by Crippen LogP contribution is 2.34. The first-order valence-electron chi connectivity index (χ1n) is 7.83. The van der Waals surface area contributed by atoms with Gasteiger partial charge in [0, 0.05) is 30.3 Å². The molecule has 0 amide bonds. The number of nitrogens with one attached hydrogen (secondary N) is 1. The van der Waals surface area contributed by atoms with E-state index in [-0.39, 0.29) is 0 Å². The molecule has 0 saturated heterocycles. The Morgan fingerprint density at radius 3 is 2.68 bits per heavy atom. The zero-order valence-electron chi connectivity index (χ0n) is 14.7. The Hall–Kier alpha value is -2.87. The van der Waals surface area contributed by atoms with Gasteiger partial charge in [0.05, 0.1) is 26.1 Å². The van der Waals surface area contributed by atoms with E-state index in [1.165, 1.54) is 0 Å². The first kappa shape index (κ1) is 17.0. The van der Waals surface area contributed by atoms with E-state index in [9.17, 15) is 0 Å². The molecule has 0 radical (unpaired) electrons. The molecule has 2 aromatic heterocycles. The standard InChI is InChI=1S/C17H21N5O3/c1-11-15(21-25-20-11)10-22(2)9-12-8-18-19-17(12)14-6-5-13(23-3)7-16(14)24-4/h5-8H,9-10H2,1-4H3,(H,18,19). The van der Waals surface area contributed by atoms with Crippen molar-refractivity contribution in [1.82, 2.24) is 25.4 Å². The Balaban J connectivity index is 1.82. The summed E-state index contributed by atoms with van der Waals surface area (Å²) in [5.74, 6) is 1.47. The molecule has 2 heterocycles. The molecule has 0 aliphatic rings. The largest absolute Gasteiger partial charge is 0.497 e. The van der Waals surface area contributed by atoms with Gasteiger partial charge in [0.25, 0.3) is 0 Å². The average molecular weight is 343 g/mol. The number of H-pyrrole nitrogens is 1. The molecule has 1 aromatic carbocycles. The van der Waals surface area contributed by atoms with Gasteiger partial charge in [-0.15, -0.1) is 0 Å². The number of ether oxygens (including phenoxy) is 2. The molecular formula is C17H21N5O3. The number of rotatable bonds is 7. The van der Waals surface area contributed by atoms with Crippen molar-refractivity contribution in [3.05, 3.63) is 41.3 Å². The molecule has 8 nitrogen and oxygen atoms in total.